The fourth-order valence-electron chi connectivity index (χ4n) is 2.98. The normalized spacial score (nSPS) is 18.5. The Labute approximate surface area is 143 Å². The van der Waals surface area contributed by atoms with Crippen LogP contribution in [0.4, 0.5) is 13.2 Å². The van der Waals surface area contributed by atoms with Crippen LogP contribution in [0, 0.1) is 0 Å². The van der Waals surface area contributed by atoms with Gasteiger partial charge in [0.25, 0.3) is 0 Å². The minimum atomic E-state index is -4.41. The van der Waals surface area contributed by atoms with Crippen LogP contribution in [0.5, 0.6) is 0 Å². The fraction of sp³-hybridized carbons (Fsp3) is 0.263. The first-order valence-electron chi connectivity index (χ1n) is 7.91. The standard InChI is InChI=1S/C19H16F3NO2/c20-19(21,22)15-8-6-14(7-9-15)16-10-11-17(24)23(18(16)25)12-13-4-2-1-3-5-13/h1-9,16H,10-12H2. The molecule has 6 heteroatoms. The Morgan fingerprint density at radius 3 is 2.20 bits per heavy atom. The van der Waals surface area contributed by atoms with Gasteiger partial charge in [0.15, 0.2) is 0 Å². The fourth-order valence-corrected chi connectivity index (χ4v) is 2.98. The van der Waals surface area contributed by atoms with Crippen LogP contribution in [0.3, 0.4) is 0 Å². The van der Waals surface area contributed by atoms with Crippen molar-refractivity contribution < 1.29 is 22.8 Å². The minimum absolute atomic E-state index is 0.176. The number of amides is 2. The third-order valence-corrected chi connectivity index (χ3v) is 4.34. The molecule has 1 aliphatic heterocycles. The second kappa shape index (κ2) is 6.70. The number of hydrogen-bond donors (Lipinski definition) is 0. The van der Waals surface area contributed by atoms with Gasteiger partial charge in [-0.05, 0) is 29.7 Å². The molecule has 0 bridgehead atoms. The molecule has 0 radical (unpaired) electrons. The number of rotatable bonds is 3. The second-order valence-electron chi connectivity index (χ2n) is 6.01. The van der Waals surface area contributed by atoms with Crippen molar-refractivity contribution in [2.75, 3.05) is 0 Å². The van der Waals surface area contributed by atoms with E-state index in [-0.39, 0.29) is 24.8 Å². The first-order valence-corrected chi connectivity index (χ1v) is 7.91. The van der Waals surface area contributed by atoms with Gasteiger partial charge in [0, 0.05) is 6.42 Å². The molecule has 1 heterocycles. The molecule has 130 valence electrons. The predicted molar refractivity (Wildman–Crippen MR) is 85.4 cm³/mol. The molecule has 2 aromatic carbocycles. The SMILES string of the molecule is O=C1CCC(c2ccc(C(F)(F)F)cc2)C(=O)N1Cc1ccccc1. The molecule has 2 amide bonds. The van der Waals surface area contributed by atoms with Gasteiger partial charge in [0.2, 0.25) is 11.8 Å². The van der Waals surface area contributed by atoms with Crippen LogP contribution in [0.25, 0.3) is 0 Å². The van der Waals surface area contributed by atoms with Crippen molar-refractivity contribution in [2.45, 2.75) is 31.5 Å². The lowest BCUT2D eigenvalue weighted by Crippen LogP contribution is -2.43. The summed E-state index contributed by atoms with van der Waals surface area (Å²) in [7, 11) is 0. The van der Waals surface area contributed by atoms with Gasteiger partial charge in [0.05, 0.1) is 18.0 Å². The first-order chi connectivity index (χ1) is 11.9. The summed E-state index contributed by atoms with van der Waals surface area (Å²) < 4.78 is 38.0. The molecular weight excluding hydrogens is 331 g/mol. The number of alkyl halides is 3. The number of likely N-dealkylation sites (tertiary alicyclic amines) is 1. The topological polar surface area (TPSA) is 37.4 Å². The number of carbonyl (C=O) groups is 2. The van der Waals surface area contributed by atoms with Crippen LogP contribution in [0.15, 0.2) is 54.6 Å². The molecule has 1 atom stereocenters. The highest BCUT2D eigenvalue weighted by molar-refractivity contribution is 6.01. The van der Waals surface area contributed by atoms with E-state index >= 15 is 0 Å². The predicted octanol–water partition coefficient (Wildman–Crippen LogP) is 4.14. The Morgan fingerprint density at radius 2 is 1.60 bits per heavy atom. The molecule has 0 aliphatic carbocycles. The summed E-state index contributed by atoms with van der Waals surface area (Å²) in [6.07, 6.45) is -3.90. The van der Waals surface area contributed by atoms with Crippen molar-refractivity contribution in [3.63, 3.8) is 0 Å². The van der Waals surface area contributed by atoms with Gasteiger partial charge >= 0.3 is 6.18 Å². The van der Waals surface area contributed by atoms with Gasteiger partial charge in [-0.15, -0.1) is 0 Å². The maximum Gasteiger partial charge on any atom is 0.416 e. The first kappa shape index (κ1) is 17.2. The number of nitrogens with zero attached hydrogens (tertiary/aromatic N) is 1. The van der Waals surface area contributed by atoms with Crippen molar-refractivity contribution in [3.05, 3.63) is 71.3 Å². The zero-order chi connectivity index (χ0) is 18.0. The summed E-state index contributed by atoms with van der Waals surface area (Å²) in [5.74, 6) is -1.21. The summed E-state index contributed by atoms with van der Waals surface area (Å²) >= 11 is 0. The van der Waals surface area contributed by atoms with Gasteiger partial charge < -0.3 is 0 Å². The number of imide groups is 1. The van der Waals surface area contributed by atoms with E-state index in [1.165, 1.54) is 17.0 Å². The molecule has 0 aromatic heterocycles. The highest BCUT2D eigenvalue weighted by Gasteiger charge is 2.36. The molecule has 0 spiro atoms. The summed E-state index contributed by atoms with van der Waals surface area (Å²) in [6.45, 7) is 0.176. The van der Waals surface area contributed by atoms with E-state index in [9.17, 15) is 22.8 Å². The highest BCUT2D eigenvalue weighted by Crippen LogP contribution is 2.33. The molecule has 1 unspecified atom stereocenters. The highest BCUT2D eigenvalue weighted by atomic mass is 19.4. The van der Waals surface area contributed by atoms with Gasteiger partial charge in [-0.1, -0.05) is 42.5 Å². The lowest BCUT2D eigenvalue weighted by atomic mass is 9.88. The van der Waals surface area contributed by atoms with Crippen molar-refractivity contribution in [1.29, 1.82) is 0 Å². The average molecular weight is 347 g/mol. The third-order valence-electron chi connectivity index (χ3n) is 4.34. The molecule has 1 fully saturated rings. The second-order valence-corrected chi connectivity index (χ2v) is 6.01. The van der Waals surface area contributed by atoms with Crippen molar-refractivity contribution in [2.24, 2.45) is 0 Å². The Morgan fingerprint density at radius 1 is 0.960 bits per heavy atom. The molecule has 2 aromatic rings. The average Bonchev–Trinajstić information content (AvgIpc) is 2.59. The summed E-state index contributed by atoms with van der Waals surface area (Å²) in [5, 5.41) is 0. The Bertz CT molecular complexity index is 770. The van der Waals surface area contributed by atoms with E-state index in [1.54, 1.807) is 0 Å². The maximum absolute atomic E-state index is 12.7. The largest absolute Gasteiger partial charge is 0.416 e. The van der Waals surface area contributed by atoms with E-state index in [1.807, 2.05) is 30.3 Å². The lowest BCUT2D eigenvalue weighted by Gasteiger charge is -2.31. The monoisotopic (exact) mass is 347 g/mol. The van der Waals surface area contributed by atoms with Crippen LogP contribution >= 0.6 is 0 Å². The zero-order valence-electron chi connectivity index (χ0n) is 13.3. The number of hydrogen-bond acceptors (Lipinski definition) is 2. The summed E-state index contributed by atoms with van der Waals surface area (Å²) in [4.78, 5) is 26.0. The lowest BCUT2D eigenvalue weighted by molar-refractivity contribution is -0.150. The molecule has 1 saturated heterocycles. The van der Waals surface area contributed by atoms with Crippen LogP contribution in [-0.4, -0.2) is 16.7 Å². The van der Waals surface area contributed by atoms with Crippen molar-refractivity contribution >= 4 is 11.8 Å². The van der Waals surface area contributed by atoms with Crippen LogP contribution in [0.2, 0.25) is 0 Å². The third kappa shape index (κ3) is 3.73. The quantitative estimate of drug-likeness (QED) is 0.783. The Kier molecular flexibility index (Phi) is 4.61. The van der Waals surface area contributed by atoms with Crippen LogP contribution in [0.1, 0.15) is 35.4 Å². The van der Waals surface area contributed by atoms with Crippen molar-refractivity contribution in [1.82, 2.24) is 4.90 Å². The van der Waals surface area contributed by atoms with Gasteiger partial charge in [0.1, 0.15) is 0 Å². The zero-order valence-corrected chi connectivity index (χ0v) is 13.3. The Hall–Kier alpha value is -2.63. The van der Waals surface area contributed by atoms with Crippen LogP contribution < -0.4 is 0 Å². The van der Waals surface area contributed by atoms with E-state index < -0.39 is 17.7 Å². The van der Waals surface area contributed by atoms with E-state index in [2.05, 4.69) is 0 Å². The molecule has 3 nitrogen and oxygen atoms in total. The molecule has 0 saturated carbocycles. The molecule has 0 N–H and O–H groups in total. The van der Waals surface area contributed by atoms with Gasteiger partial charge in [-0.2, -0.15) is 13.2 Å². The van der Waals surface area contributed by atoms with Gasteiger partial charge in [-0.3, -0.25) is 14.5 Å². The Balaban J connectivity index is 1.81. The number of piperidine rings is 1. The minimum Gasteiger partial charge on any atom is -0.278 e. The van der Waals surface area contributed by atoms with E-state index in [0.29, 0.717) is 12.0 Å². The summed E-state index contributed by atoms with van der Waals surface area (Å²) in [6, 6.07) is 13.7. The molecule has 25 heavy (non-hydrogen) atoms. The summed E-state index contributed by atoms with van der Waals surface area (Å²) in [5.41, 5.74) is 0.581. The van der Waals surface area contributed by atoms with Gasteiger partial charge in [-0.25, -0.2) is 0 Å². The van der Waals surface area contributed by atoms with E-state index in [4.69, 9.17) is 0 Å². The number of carbonyl (C=O) groups excluding carboxylic acids is 2. The molecular formula is C19H16F3NO2. The van der Waals surface area contributed by atoms with Crippen LogP contribution in [-0.2, 0) is 22.3 Å². The molecule has 1 aliphatic rings. The number of benzene rings is 2. The maximum atomic E-state index is 12.7. The van der Waals surface area contributed by atoms with Crippen molar-refractivity contribution in [3.8, 4) is 0 Å². The smallest absolute Gasteiger partial charge is 0.278 e. The van der Waals surface area contributed by atoms with E-state index in [0.717, 1.165) is 17.7 Å². The number of halogens is 3. The molecule has 3 rings (SSSR count).